The number of aryl methyl sites for hydroxylation is 2. The summed E-state index contributed by atoms with van der Waals surface area (Å²) in [5, 5.41) is 0. The van der Waals surface area contributed by atoms with E-state index in [1.807, 2.05) is 85.8 Å². The van der Waals surface area contributed by atoms with Crippen molar-refractivity contribution in [2.24, 2.45) is 0 Å². The third-order valence-electron chi connectivity index (χ3n) is 6.78. The Morgan fingerprint density at radius 2 is 1.28 bits per heavy atom. The van der Waals surface area contributed by atoms with E-state index in [1.165, 1.54) is 0 Å². The highest BCUT2D eigenvalue weighted by Crippen LogP contribution is 2.35. The van der Waals surface area contributed by atoms with Crippen molar-refractivity contribution in [3.8, 4) is 0 Å². The van der Waals surface area contributed by atoms with E-state index < -0.39 is 0 Å². The van der Waals surface area contributed by atoms with Crippen molar-refractivity contribution in [3.05, 3.63) is 154 Å². The number of carbonyl (C=O) groups excluding carboxylic acids is 2. The van der Waals surface area contributed by atoms with E-state index in [2.05, 4.69) is 37.3 Å². The monoisotopic (exact) mass is 468 g/mol. The van der Waals surface area contributed by atoms with Crippen LogP contribution in [0.5, 0.6) is 0 Å². The number of ketones is 2. The molecule has 5 rings (SSSR count). The number of fused-ring (bicyclic) bond motifs is 1. The number of Topliss-reactive ketones (excluding diaryl/α,β-unsaturated/α-hetero) is 2. The quantitative estimate of drug-likeness (QED) is 0.213. The van der Waals surface area contributed by atoms with Crippen molar-refractivity contribution in [3.63, 3.8) is 0 Å². The van der Waals surface area contributed by atoms with Gasteiger partial charge in [-0.2, -0.15) is 0 Å². The highest BCUT2D eigenvalue weighted by atomic mass is 16.1. The fraction of sp³-hybridized carbons (Fsp3) is 0.118. The normalized spacial score (nSPS) is 14.5. The highest BCUT2D eigenvalue weighted by Gasteiger charge is 2.27. The summed E-state index contributed by atoms with van der Waals surface area (Å²) in [6.45, 7) is 4.07. The number of allylic oxidation sites excluding steroid dienone is 4. The van der Waals surface area contributed by atoms with Crippen molar-refractivity contribution >= 4 is 22.7 Å². The van der Waals surface area contributed by atoms with Crippen LogP contribution in [0.2, 0.25) is 0 Å². The van der Waals surface area contributed by atoms with Crippen molar-refractivity contribution in [1.82, 2.24) is 0 Å². The van der Waals surface area contributed by atoms with Crippen LogP contribution >= 0.6 is 0 Å². The topological polar surface area (TPSA) is 34.1 Å². The second-order valence-corrected chi connectivity index (χ2v) is 9.42. The van der Waals surface area contributed by atoms with Gasteiger partial charge in [0.2, 0.25) is 0 Å². The third kappa shape index (κ3) is 4.89. The van der Waals surface area contributed by atoms with Crippen molar-refractivity contribution < 1.29 is 9.59 Å². The van der Waals surface area contributed by atoms with Crippen molar-refractivity contribution in [1.29, 1.82) is 0 Å². The molecule has 36 heavy (non-hydrogen) atoms. The van der Waals surface area contributed by atoms with Crippen LogP contribution in [-0.2, 0) is 6.42 Å². The van der Waals surface area contributed by atoms with E-state index >= 15 is 0 Å². The molecule has 0 aliphatic heterocycles. The maximum Gasteiger partial charge on any atom is 0.190 e. The molecule has 0 fully saturated rings. The molecule has 0 heterocycles. The molecule has 2 heteroatoms. The summed E-state index contributed by atoms with van der Waals surface area (Å²) in [6.07, 6.45) is 2.89. The van der Waals surface area contributed by atoms with Crippen LogP contribution in [0.15, 0.2) is 115 Å². The molecule has 0 unspecified atom stereocenters. The minimum absolute atomic E-state index is 0.0550. The first-order chi connectivity index (χ1) is 17.5. The first kappa shape index (κ1) is 23.4. The zero-order valence-electron chi connectivity index (χ0n) is 20.6. The Morgan fingerprint density at radius 3 is 1.92 bits per heavy atom. The molecule has 0 atom stereocenters. The third-order valence-corrected chi connectivity index (χ3v) is 6.78. The maximum absolute atomic E-state index is 13.5. The average Bonchev–Trinajstić information content (AvgIpc) is 3.24. The van der Waals surface area contributed by atoms with Gasteiger partial charge in [0.15, 0.2) is 11.6 Å². The van der Waals surface area contributed by atoms with E-state index in [0.717, 1.165) is 50.1 Å². The molecule has 0 bridgehead atoms. The number of carbonyl (C=O) groups is 2. The smallest absolute Gasteiger partial charge is 0.190 e. The predicted molar refractivity (Wildman–Crippen MR) is 147 cm³/mol. The first-order valence-electron chi connectivity index (χ1n) is 12.3. The van der Waals surface area contributed by atoms with Crippen LogP contribution in [0.25, 0.3) is 11.1 Å². The van der Waals surface area contributed by atoms with E-state index in [4.69, 9.17) is 0 Å². The lowest BCUT2D eigenvalue weighted by atomic mass is 9.90. The van der Waals surface area contributed by atoms with Gasteiger partial charge in [-0.3, -0.25) is 9.59 Å². The van der Waals surface area contributed by atoms with Gasteiger partial charge in [0.25, 0.3) is 0 Å². The molecule has 176 valence electrons. The van der Waals surface area contributed by atoms with Gasteiger partial charge >= 0.3 is 0 Å². The van der Waals surface area contributed by atoms with E-state index in [0.29, 0.717) is 12.0 Å². The second kappa shape index (κ2) is 10.1. The first-order valence-corrected chi connectivity index (χ1v) is 12.3. The Balaban J connectivity index is 1.65. The molecule has 1 aliphatic rings. The molecule has 1 aliphatic carbocycles. The molecule has 4 aromatic carbocycles. The van der Waals surface area contributed by atoms with E-state index in [9.17, 15) is 9.59 Å². The molecule has 0 N–H and O–H groups in total. The zero-order valence-corrected chi connectivity index (χ0v) is 20.6. The van der Waals surface area contributed by atoms with Crippen LogP contribution in [0.1, 0.15) is 55.0 Å². The van der Waals surface area contributed by atoms with Gasteiger partial charge in [-0.15, -0.1) is 0 Å². The fourth-order valence-electron chi connectivity index (χ4n) is 4.70. The van der Waals surface area contributed by atoms with Crippen molar-refractivity contribution in [2.75, 3.05) is 0 Å². The molecule has 0 amide bonds. The van der Waals surface area contributed by atoms with Gasteiger partial charge in [0.05, 0.1) is 0 Å². The van der Waals surface area contributed by atoms with Crippen LogP contribution in [-0.4, -0.2) is 11.6 Å². The molecular weight excluding hydrogens is 440 g/mol. The largest absolute Gasteiger partial charge is 0.294 e. The van der Waals surface area contributed by atoms with E-state index in [-0.39, 0.29) is 18.0 Å². The Morgan fingerprint density at radius 1 is 0.694 bits per heavy atom. The Labute approximate surface area is 212 Å². The van der Waals surface area contributed by atoms with Crippen LogP contribution in [0.4, 0.5) is 0 Å². The average molecular weight is 469 g/mol. The van der Waals surface area contributed by atoms with E-state index in [1.54, 1.807) is 0 Å². The molecule has 0 saturated heterocycles. The lowest BCUT2D eigenvalue weighted by Crippen LogP contribution is -2.03. The Kier molecular flexibility index (Phi) is 6.60. The van der Waals surface area contributed by atoms with Crippen LogP contribution in [0.3, 0.4) is 0 Å². The van der Waals surface area contributed by atoms with Crippen LogP contribution < -0.4 is 0 Å². The summed E-state index contributed by atoms with van der Waals surface area (Å²) in [5.41, 5.74) is 9.29. The molecule has 2 nitrogen and oxygen atoms in total. The minimum Gasteiger partial charge on any atom is -0.294 e. The lowest BCUT2D eigenvalue weighted by molar-refractivity contribution is 0.0997. The summed E-state index contributed by atoms with van der Waals surface area (Å²) in [7, 11) is 0. The molecule has 4 aromatic rings. The fourth-order valence-corrected chi connectivity index (χ4v) is 4.70. The molecule has 0 spiro atoms. The van der Waals surface area contributed by atoms with Gasteiger partial charge in [-0.1, -0.05) is 114 Å². The van der Waals surface area contributed by atoms with Gasteiger partial charge in [0.1, 0.15) is 0 Å². The number of hydrogen-bond donors (Lipinski definition) is 0. The maximum atomic E-state index is 13.5. The minimum atomic E-state index is 0.0550. The molecule has 0 saturated carbocycles. The molecule has 0 radical (unpaired) electrons. The Bertz CT molecular complexity index is 1490. The standard InChI is InChI=1S/C34H28O2/c1-23-12-16-26(17-13-23)31(32-20-28-10-6-7-11-30(28)34(32)36)21-29(25-8-4-3-5-9-25)22-33(35)27-18-14-24(2)15-19-27/h3-19,21H,20,22H2,1-2H3. The summed E-state index contributed by atoms with van der Waals surface area (Å²) in [6, 6.07) is 33.8. The summed E-state index contributed by atoms with van der Waals surface area (Å²) >= 11 is 0. The summed E-state index contributed by atoms with van der Waals surface area (Å²) < 4.78 is 0. The lowest BCUT2D eigenvalue weighted by Gasteiger charge is -2.13. The highest BCUT2D eigenvalue weighted by molar-refractivity contribution is 6.18. The van der Waals surface area contributed by atoms with Gasteiger partial charge in [-0.05, 0) is 47.8 Å². The second-order valence-electron chi connectivity index (χ2n) is 9.42. The number of hydrogen-bond acceptors (Lipinski definition) is 2. The number of benzene rings is 4. The zero-order chi connectivity index (χ0) is 25.1. The molecule has 0 aromatic heterocycles. The summed E-state index contributed by atoms with van der Waals surface area (Å²) in [5.74, 6) is 0.120. The van der Waals surface area contributed by atoms with Gasteiger partial charge in [-0.25, -0.2) is 0 Å². The SMILES string of the molecule is Cc1ccc(C(=O)CC(=CC(=C2Cc3ccccc3C2=O)c2ccc(C)cc2)c2ccccc2)cc1. The van der Waals surface area contributed by atoms with Gasteiger partial charge < -0.3 is 0 Å². The van der Waals surface area contributed by atoms with Crippen molar-refractivity contribution in [2.45, 2.75) is 26.7 Å². The molecular formula is C34H28O2. The number of rotatable bonds is 6. The van der Waals surface area contributed by atoms with Gasteiger partial charge in [0, 0.05) is 29.5 Å². The summed E-state index contributed by atoms with van der Waals surface area (Å²) in [4.78, 5) is 26.9. The predicted octanol–water partition coefficient (Wildman–Crippen LogP) is 7.85. The Hall–Kier alpha value is -4.30. The van der Waals surface area contributed by atoms with Crippen LogP contribution in [0, 0.1) is 13.8 Å².